The average Bonchev–Trinajstić information content (AvgIpc) is 2.83. The fourth-order valence-corrected chi connectivity index (χ4v) is 2.58. The molecule has 0 spiro atoms. The second-order valence-electron chi connectivity index (χ2n) is 4.07. The third-order valence-corrected chi connectivity index (χ3v) is 3.57. The summed E-state index contributed by atoms with van der Waals surface area (Å²) in [5, 5.41) is 5.79. The summed E-state index contributed by atoms with van der Waals surface area (Å²) >= 11 is 1.40. The highest BCUT2D eigenvalue weighted by molar-refractivity contribution is 7.22. The number of anilines is 2. The number of aromatic nitrogens is 1. The lowest BCUT2D eigenvalue weighted by Crippen LogP contribution is -2.19. The van der Waals surface area contributed by atoms with Gasteiger partial charge in [0.15, 0.2) is 5.13 Å². The minimum Gasteiger partial charge on any atom is -0.308 e. The lowest BCUT2D eigenvalue weighted by molar-refractivity contribution is 0.262. The molecule has 0 radical (unpaired) electrons. The van der Waals surface area contributed by atoms with E-state index in [-0.39, 0.29) is 5.82 Å². The number of fused-ring (bicyclic) bond motifs is 1. The van der Waals surface area contributed by atoms with Crippen molar-refractivity contribution in [3.05, 3.63) is 54.3 Å². The molecule has 0 aliphatic heterocycles. The Kier molecular flexibility index (Phi) is 3.30. The van der Waals surface area contributed by atoms with Crippen LogP contribution in [0.4, 0.5) is 20.0 Å². The highest BCUT2D eigenvalue weighted by Gasteiger charge is 2.07. The Morgan fingerprint density at radius 1 is 1.05 bits per heavy atom. The van der Waals surface area contributed by atoms with Crippen molar-refractivity contribution in [2.75, 3.05) is 10.6 Å². The molecular formula is C14H10FN3OS. The first-order chi connectivity index (χ1) is 9.70. The Balaban J connectivity index is 1.70. The molecule has 3 aromatic rings. The molecule has 4 nitrogen and oxygen atoms in total. The van der Waals surface area contributed by atoms with Crippen molar-refractivity contribution in [1.29, 1.82) is 0 Å². The number of benzene rings is 2. The molecule has 0 bridgehead atoms. The highest BCUT2D eigenvalue weighted by Crippen LogP contribution is 2.25. The van der Waals surface area contributed by atoms with Gasteiger partial charge in [0.1, 0.15) is 5.82 Å². The van der Waals surface area contributed by atoms with Crippen molar-refractivity contribution in [3.8, 4) is 0 Å². The van der Waals surface area contributed by atoms with E-state index in [0.717, 1.165) is 10.2 Å². The first kappa shape index (κ1) is 12.6. The van der Waals surface area contributed by atoms with Gasteiger partial charge in [-0.05, 0) is 36.4 Å². The molecule has 0 aliphatic rings. The van der Waals surface area contributed by atoms with Crippen molar-refractivity contribution in [3.63, 3.8) is 0 Å². The van der Waals surface area contributed by atoms with Crippen LogP contribution in [0.25, 0.3) is 10.2 Å². The van der Waals surface area contributed by atoms with Gasteiger partial charge in [0.25, 0.3) is 0 Å². The third-order valence-electron chi connectivity index (χ3n) is 2.62. The molecule has 100 valence electrons. The maximum Gasteiger partial charge on any atom is 0.325 e. The van der Waals surface area contributed by atoms with Crippen LogP contribution in [0.5, 0.6) is 0 Å². The molecule has 3 rings (SSSR count). The number of hydrogen-bond donors (Lipinski definition) is 2. The fraction of sp³-hybridized carbons (Fsp3) is 0. The predicted octanol–water partition coefficient (Wildman–Crippen LogP) is 4.08. The Hall–Kier alpha value is -2.47. The maximum atomic E-state index is 12.8. The number of nitrogens with zero attached hydrogens (tertiary/aromatic N) is 1. The lowest BCUT2D eigenvalue weighted by Gasteiger charge is -2.04. The summed E-state index contributed by atoms with van der Waals surface area (Å²) in [5.41, 5.74) is 1.36. The second kappa shape index (κ2) is 5.26. The van der Waals surface area contributed by atoms with Crippen LogP contribution in [0.1, 0.15) is 0 Å². The number of carbonyl (C=O) groups is 1. The molecule has 2 amide bonds. The molecule has 1 heterocycles. The summed E-state index contributed by atoms with van der Waals surface area (Å²) in [6.07, 6.45) is 0. The minimum atomic E-state index is -0.407. The monoisotopic (exact) mass is 287 g/mol. The zero-order valence-corrected chi connectivity index (χ0v) is 11.1. The van der Waals surface area contributed by atoms with Gasteiger partial charge < -0.3 is 5.32 Å². The first-order valence-corrected chi connectivity index (χ1v) is 6.71. The zero-order valence-electron chi connectivity index (χ0n) is 10.3. The molecule has 0 saturated carbocycles. The number of rotatable bonds is 2. The van der Waals surface area contributed by atoms with E-state index in [0.29, 0.717) is 10.8 Å². The summed E-state index contributed by atoms with van der Waals surface area (Å²) in [6, 6.07) is 12.8. The standard InChI is InChI=1S/C14H10FN3OS/c15-9-5-7-10(8-6-9)16-13(19)18-14-17-11-3-1-2-4-12(11)20-14/h1-8H,(H2,16,17,18,19). The molecule has 1 aromatic heterocycles. The van der Waals surface area contributed by atoms with Gasteiger partial charge in [-0.15, -0.1) is 0 Å². The number of amides is 2. The fourth-order valence-electron chi connectivity index (χ4n) is 1.72. The van der Waals surface area contributed by atoms with E-state index in [1.165, 1.54) is 35.6 Å². The van der Waals surface area contributed by atoms with Crippen LogP contribution >= 0.6 is 11.3 Å². The second-order valence-corrected chi connectivity index (χ2v) is 5.10. The van der Waals surface area contributed by atoms with Gasteiger partial charge in [0.2, 0.25) is 0 Å². The lowest BCUT2D eigenvalue weighted by atomic mass is 10.3. The minimum absolute atomic E-state index is 0.345. The molecule has 0 unspecified atom stereocenters. The van der Waals surface area contributed by atoms with Crippen molar-refractivity contribution >= 4 is 38.4 Å². The molecular weight excluding hydrogens is 277 g/mol. The molecule has 6 heteroatoms. The van der Waals surface area contributed by atoms with Crippen molar-refractivity contribution in [2.45, 2.75) is 0 Å². The summed E-state index contributed by atoms with van der Waals surface area (Å²) < 4.78 is 13.8. The van der Waals surface area contributed by atoms with Crippen molar-refractivity contribution in [1.82, 2.24) is 4.98 Å². The van der Waals surface area contributed by atoms with Gasteiger partial charge in [-0.3, -0.25) is 5.32 Å². The van der Waals surface area contributed by atoms with Crippen LogP contribution < -0.4 is 10.6 Å². The van der Waals surface area contributed by atoms with Crippen LogP contribution in [-0.2, 0) is 0 Å². The van der Waals surface area contributed by atoms with E-state index in [1.807, 2.05) is 24.3 Å². The third kappa shape index (κ3) is 2.75. The van der Waals surface area contributed by atoms with E-state index in [2.05, 4.69) is 15.6 Å². The molecule has 0 aliphatic carbocycles. The van der Waals surface area contributed by atoms with E-state index < -0.39 is 6.03 Å². The average molecular weight is 287 g/mol. The quantitative estimate of drug-likeness (QED) is 0.746. The number of para-hydroxylation sites is 1. The number of carbonyl (C=O) groups excluding carboxylic acids is 1. The molecule has 0 atom stereocenters. The molecule has 20 heavy (non-hydrogen) atoms. The van der Waals surface area contributed by atoms with Gasteiger partial charge in [-0.2, -0.15) is 0 Å². The van der Waals surface area contributed by atoms with Crippen LogP contribution in [0.2, 0.25) is 0 Å². The SMILES string of the molecule is O=C(Nc1ccc(F)cc1)Nc1nc2ccccc2s1. The number of halogens is 1. The van der Waals surface area contributed by atoms with Gasteiger partial charge in [0.05, 0.1) is 10.2 Å². The smallest absolute Gasteiger partial charge is 0.308 e. The van der Waals surface area contributed by atoms with E-state index in [1.54, 1.807) is 0 Å². The Labute approximate surface area is 118 Å². The van der Waals surface area contributed by atoms with Gasteiger partial charge in [-0.25, -0.2) is 14.2 Å². The van der Waals surface area contributed by atoms with Crippen molar-refractivity contribution < 1.29 is 9.18 Å². The van der Waals surface area contributed by atoms with E-state index in [4.69, 9.17) is 0 Å². The maximum absolute atomic E-state index is 12.8. The number of urea groups is 1. The number of nitrogens with one attached hydrogen (secondary N) is 2. The normalized spacial score (nSPS) is 10.4. The Morgan fingerprint density at radius 2 is 1.80 bits per heavy atom. The molecule has 0 saturated heterocycles. The summed E-state index contributed by atoms with van der Waals surface area (Å²) in [4.78, 5) is 16.1. The summed E-state index contributed by atoms with van der Waals surface area (Å²) in [5.74, 6) is -0.345. The molecule has 2 N–H and O–H groups in total. The summed E-state index contributed by atoms with van der Waals surface area (Å²) in [7, 11) is 0. The van der Waals surface area contributed by atoms with Crippen LogP contribution in [-0.4, -0.2) is 11.0 Å². The summed E-state index contributed by atoms with van der Waals surface area (Å²) in [6.45, 7) is 0. The van der Waals surface area contributed by atoms with Crippen LogP contribution in [0.15, 0.2) is 48.5 Å². The Morgan fingerprint density at radius 3 is 2.55 bits per heavy atom. The van der Waals surface area contributed by atoms with E-state index >= 15 is 0 Å². The van der Waals surface area contributed by atoms with Gasteiger partial charge in [0, 0.05) is 5.69 Å². The predicted molar refractivity (Wildman–Crippen MR) is 78.7 cm³/mol. The van der Waals surface area contributed by atoms with Gasteiger partial charge in [-0.1, -0.05) is 23.5 Å². The topological polar surface area (TPSA) is 54.0 Å². The zero-order chi connectivity index (χ0) is 13.9. The largest absolute Gasteiger partial charge is 0.325 e. The van der Waals surface area contributed by atoms with Crippen LogP contribution in [0, 0.1) is 5.82 Å². The van der Waals surface area contributed by atoms with Crippen molar-refractivity contribution in [2.24, 2.45) is 0 Å². The van der Waals surface area contributed by atoms with E-state index in [9.17, 15) is 9.18 Å². The Bertz CT molecular complexity index is 721. The van der Waals surface area contributed by atoms with Crippen LogP contribution in [0.3, 0.4) is 0 Å². The number of thiazole rings is 1. The number of hydrogen-bond acceptors (Lipinski definition) is 3. The molecule has 2 aromatic carbocycles. The first-order valence-electron chi connectivity index (χ1n) is 5.90. The van der Waals surface area contributed by atoms with Gasteiger partial charge >= 0.3 is 6.03 Å². The highest BCUT2D eigenvalue weighted by atomic mass is 32.1. The molecule has 0 fully saturated rings.